The zero-order valence-electron chi connectivity index (χ0n) is 16.4. The van der Waals surface area contributed by atoms with Crippen LogP contribution in [-0.4, -0.2) is 26.8 Å². The Bertz CT molecular complexity index is 1120. The van der Waals surface area contributed by atoms with Gasteiger partial charge in [-0.15, -0.1) is 11.3 Å². The van der Waals surface area contributed by atoms with Crippen molar-refractivity contribution in [2.24, 2.45) is 5.73 Å². The van der Waals surface area contributed by atoms with Gasteiger partial charge in [0, 0.05) is 5.56 Å². The number of aromatic nitrogens is 2. The third-order valence-electron chi connectivity index (χ3n) is 4.33. The fourth-order valence-corrected chi connectivity index (χ4v) is 3.60. The van der Waals surface area contributed by atoms with Crippen LogP contribution < -0.4 is 5.73 Å². The lowest BCUT2D eigenvalue weighted by Crippen LogP contribution is -2.13. The average Bonchev–Trinajstić information content (AvgIpc) is 3.38. The molecule has 2 heterocycles. The minimum atomic E-state index is -0.847. The van der Waals surface area contributed by atoms with Crippen LogP contribution in [0.5, 0.6) is 0 Å². The van der Waals surface area contributed by atoms with E-state index in [0.29, 0.717) is 22.7 Å². The van der Waals surface area contributed by atoms with E-state index in [4.69, 9.17) is 10.8 Å². The molecule has 4 aromatic rings. The van der Waals surface area contributed by atoms with Crippen LogP contribution >= 0.6 is 11.3 Å². The maximum Gasteiger partial charge on any atom is 0.345 e. The number of carbonyl (C=O) groups is 2. The highest BCUT2D eigenvalue weighted by atomic mass is 32.1. The molecule has 0 spiro atoms. The van der Waals surface area contributed by atoms with Gasteiger partial charge in [0.1, 0.15) is 4.88 Å². The van der Waals surface area contributed by atoms with Gasteiger partial charge in [-0.3, -0.25) is 9.48 Å². The normalized spacial score (nSPS) is 10.2. The smallest absolute Gasteiger partial charge is 0.345 e. The summed E-state index contributed by atoms with van der Waals surface area (Å²) in [6, 6.07) is 23.1. The Balaban J connectivity index is 0.000000269. The van der Waals surface area contributed by atoms with Gasteiger partial charge in [-0.2, -0.15) is 5.10 Å². The summed E-state index contributed by atoms with van der Waals surface area (Å²) in [4.78, 5) is 22.3. The molecule has 7 heteroatoms. The molecule has 6 nitrogen and oxygen atoms in total. The number of carboxylic acids is 1. The van der Waals surface area contributed by atoms with Gasteiger partial charge in [-0.05, 0) is 23.9 Å². The molecule has 0 bridgehead atoms. The van der Waals surface area contributed by atoms with Crippen LogP contribution in [0.2, 0.25) is 0 Å². The summed E-state index contributed by atoms with van der Waals surface area (Å²) in [6.07, 6.45) is 0. The van der Waals surface area contributed by atoms with E-state index in [2.05, 4.69) is 5.10 Å². The third kappa shape index (κ3) is 5.01. The van der Waals surface area contributed by atoms with E-state index in [-0.39, 0.29) is 0 Å². The SMILES string of the molecule is Cc1nn(Cc2ccccc2)c(-c2ccccc2)c1C(N)=O.O=C(O)c1cccs1. The zero-order valence-corrected chi connectivity index (χ0v) is 17.2. The molecule has 0 saturated carbocycles. The van der Waals surface area contributed by atoms with Crippen molar-refractivity contribution in [2.75, 3.05) is 0 Å². The molecule has 2 aromatic carbocycles. The summed E-state index contributed by atoms with van der Waals surface area (Å²) in [5.41, 5.74) is 9.54. The fourth-order valence-electron chi connectivity index (χ4n) is 3.04. The number of carboxylic acid groups (broad SMARTS) is 1. The molecular weight excluding hydrogens is 398 g/mol. The van der Waals surface area contributed by atoms with Gasteiger partial charge in [0.25, 0.3) is 5.91 Å². The number of aromatic carboxylic acids is 1. The number of hydrogen-bond acceptors (Lipinski definition) is 4. The van der Waals surface area contributed by atoms with E-state index in [1.807, 2.05) is 72.3 Å². The second-order valence-corrected chi connectivity index (χ2v) is 7.41. The first kappa shape index (κ1) is 21.0. The Labute approximate surface area is 178 Å². The number of nitrogens with zero attached hydrogens (tertiary/aromatic N) is 2. The third-order valence-corrected chi connectivity index (χ3v) is 5.19. The van der Waals surface area contributed by atoms with E-state index >= 15 is 0 Å². The number of carbonyl (C=O) groups excluding carboxylic acids is 1. The number of nitrogens with two attached hydrogens (primary N) is 1. The molecular formula is C23H21N3O3S. The lowest BCUT2D eigenvalue weighted by molar-refractivity contribution is 0.0702. The van der Waals surface area contributed by atoms with Gasteiger partial charge in [0.15, 0.2) is 0 Å². The quantitative estimate of drug-likeness (QED) is 0.499. The molecule has 0 aliphatic rings. The van der Waals surface area contributed by atoms with Gasteiger partial charge in [-0.1, -0.05) is 66.7 Å². The second-order valence-electron chi connectivity index (χ2n) is 6.46. The molecule has 152 valence electrons. The van der Waals surface area contributed by atoms with Crippen LogP contribution in [0.1, 0.15) is 31.3 Å². The Morgan fingerprint density at radius 3 is 2.13 bits per heavy atom. The highest BCUT2D eigenvalue weighted by Crippen LogP contribution is 2.26. The van der Waals surface area contributed by atoms with Crippen molar-refractivity contribution >= 4 is 23.2 Å². The topological polar surface area (TPSA) is 98.2 Å². The number of hydrogen-bond donors (Lipinski definition) is 2. The number of amides is 1. The minimum Gasteiger partial charge on any atom is -0.477 e. The molecule has 0 atom stereocenters. The summed E-state index contributed by atoms with van der Waals surface area (Å²) >= 11 is 1.23. The molecule has 0 aliphatic heterocycles. The summed E-state index contributed by atoms with van der Waals surface area (Å²) in [5, 5.41) is 14.5. The predicted octanol–water partition coefficient (Wildman–Crippen LogP) is 4.45. The van der Waals surface area contributed by atoms with E-state index < -0.39 is 11.9 Å². The molecule has 3 N–H and O–H groups in total. The number of thiophene rings is 1. The molecule has 1 amide bonds. The van der Waals surface area contributed by atoms with Crippen LogP contribution in [0.4, 0.5) is 0 Å². The monoisotopic (exact) mass is 419 g/mol. The zero-order chi connectivity index (χ0) is 21.5. The van der Waals surface area contributed by atoms with Crippen molar-refractivity contribution in [3.63, 3.8) is 0 Å². The number of aryl methyl sites for hydroxylation is 1. The van der Waals surface area contributed by atoms with E-state index in [9.17, 15) is 9.59 Å². The first-order valence-electron chi connectivity index (χ1n) is 9.20. The number of benzene rings is 2. The largest absolute Gasteiger partial charge is 0.477 e. The predicted molar refractivity (Wildman–Crippen MR) is 118 cm³/mol. The fraction of sp³-hybridized carbons (Fsp3) is 0.0870. The molecule has 0 unspecified atom stereocenters. The summed E-state index contributed by atoms with van der Waals surface area (Å²) < 4.78 is 1.85. The van der Waals surface area contributed by atoms with Gasteiger partial charge in [-0.25, -0.2) is 4.79 Å². The summed E-state index contributed by atoms with van der Waals surface area (Å²) in [7, 11) is 0. The maximum absolute atomic E-state index is 11.9. The number of rotatable bonds is 5. The lowest BCUT2D eigenvalue weighted by Gasteiger charge is -2.09. The Hall–Kier alpha value is -3.71. The van der Waals surface area contributed by atoms with Crippen LogP contribution in [0.15, 0.2) is 78.2 Å². The summed E-state index contributed by atoms with van der Waals surface area (Å²) in [6.45, 7) is 2.41. The van der Waals surface area contributed by atoms with Crippen molar-refractivity contribution in [2.45, 2.75) is 13.5 Å². The molecule has 30 heavy (non-hydrogen) atoms. The van der Waals surface area contributed by atoms with E-state index in [0.717, 1.165) is 16.8 Å². The van der Waals surface area contributed by atoms with Crippen LogP contribution in [-0.2, 0) is 6.54 Å². The molecule has 2 aromatic heterocycles. The van der Waals surface area contributed by atoms with Crippen LogP contribution in [0, 0.1) is 6.92 Å². The molecule has 0 fully saturated rings. The van der Waals surface area contributed by atoms with Crippen molar-refractivity contribution in [3.8, 4) is 11.3 Å². The molecule has 0 radical (unpaired) electrons. The van der Waals surface area contributed by atoms with Crippen LogP contribution in [0.25, 0.3) is 11.3 Å². The second kappa shape index (κ2) is 9.67. The minimum absolute atomic E-state index is 0.394. The van der Waals surface area contributed by atoms with E-state index in [1.54, 1.807) is 17.5 Å². The molecule has 4 rings (SSSR count). The van der Waals surface area contributed by atoms with Crippen LogP contribution in [0.3, 0.4) is 0 Å². The molecule has 0 aliphatic carbocycles. The molecule has 0 saturated heterocycles. The van der Waals surface area contributed by atoms with E-state index in [1.165, 1.54) is 11.3 Å². The van der Waals surface area contributed by atoms with Gasteiger partial charge in [0.2, 0.25) is 0 Å². The highest BCUT2D eigenvalue weighted by molar-refractivity contribution is 7.11. The Kier molecular flexibility index (Phi) is 6.77. The number of primary amides is 1. The van der Waals surface area contributed by atoms with Crippen molar-refractivity contribution in [3.05, 3.63) is 99.9 Å². The van der Waals surface area contributed by atoms with Crippen molar-refractivity contribution in [1.82, 2.24) is 9.78 Å². The standard InChI is InChI=1S/C18H17N3O.C5H4O2S/c1-13-16(18(19)22)17(15-10-6-3-7-11-15)21(20-13)12-14-8-4-2-5-9-14;6-5(7)4-2-1-3-8-4/h2-11H,12H2,1H3,(H2,19,22);1-3H,(H,6,7). The first-order valence-corrected chi connectivity index (χ1v) is 10.1. The Morgan fingerprint density at radius 2 is 1.63 bits per heavy atom. The van der Waals surface area contributed by atoms with Crippen molar-refractivity contribution < 1.29 is 14.7 Å². The Morgan fingerprint density at radius 1 is 1.00 bits per heavy atom. The van der Waals surface area contributed by atoms with Gasteiger partial charge < -0.3 is 10.8 Å². The van der Waals surface area contributed by atoms with Crippen molar-refractivity contribution in [1.29, 1.82) is 0 Å². The average molecular weight is 420 g/mol. The summed E-state index contributed by atoms with van der Waals surface area (Å²) in [5.74, 6) is -1.30. The van der Waals surface area contributed by atoms with Gasteiger partial charge in [0.05, 0.1) is 23.5 Å². The highest BCUT2D eigenvalue weighted by Gasteiger charge is 2.20. The lowest BCUT2D eigenvalue weighted by atomic mass is 10.1. The first-order chi connectivity index (χ1) is 14.5. The maximum atomic E-state index is 11.9. The van der Waals surface area contributed by atoms with Gasteiger partial charge >= 0.3 is 5.97 Å².